The van der Waals surface area contributed by atoms with Crippen LogP contribution in [0.5, 0.6) is 0 Å². The summed E-state index contributed by atoms with van der Waals surface area (Å²) in [6.07, 6.45) is 6.83. The molecule has 0 radical (unpaired) electrons. The number of carbonyl (C=O) groups is 1. The minimum absolute atomic E-state index is 0.00514. The fourth-order valence-electron chi connectivity index (χ4n) is 3.72. The largest absolute Gasteiger partial charge is 0.468 e. The Bertz CT molecular complexity index is 991. The average Bonchev–Trinajstić information content (AvgIpc) is 3.47. The molecular formula is C21H23N5O4. The molecule has 1 aliphatic rings. The SMILES string of the molecule is O=C(NCC(c1ccco1)N1CCCCC1)c1ccn(-c2ccc([N+](=O)[O-])cc2)n1. The van der Waals surface area contributed by atoms with Crippen LogP contribution >= 0.6 is 0 Å². The summed E-state index contributed by atoms with van der Waals surface area (Å²) in [6, 6.07) is 11.4. The number of piperidine rings is 1. The number of hydrogen-bond donors (Lipinski definition) is 1. The van der Waals surface area contributed by atoms with Crippen molar-refractivity contribution in [3.8, 4) is 5.69 Å². The highest BCUT2D eigenvalue weighted by atomic mass is 16.6. The van der Waals surface area contributed by atoms with Crippen molar-refractivity contribution in [2.24, 2.45) is 0 Å². The lowest BCUT2D eigenvalue weighted by atomic mass is 10.1. The zero-order valence-electron chi connectivity index (χ0n) is 16.4. The van der Waals surface area contributed by atoms with Crippen LogP contribution in [0.3, 0.4) is 0 Å². The van der Waals surface area contributed by atoms with Gasteiger partial charge in [0.25, 0.3) is 11.6 Å². The Hall–Kier alpha value is -3.46. The number of furan rings is 1. The van der Waals surface area contributed by atoms with E-state index in [0.29, 0.717) is 12.2 Å². The molecule has 1 unspecified atom stereocenters. The fraction of sp³-hybridized carbons (Fsp3) is 0.333. The van der Waals surface area contributed by atoms with E-state index in [-0.39, 0.29) is 23.3 Å². The average molecular weight is 409 g/mol. The van der Waals surface area contributed by atoms with Crippen LogP contribution in [0, 0.1) is 10.1 Å². The first-order chi connectivity index (χ1) is 14.6. The Morgan fingerprint density at radius 1 is 1.17 bits per heavy atom. The molecule has 156 valence electrons. The first-order valence-corrected chi connectivity index (χ1v) is 9.98. The van der Waals surface area contributed by atoms with Gasteiger partial charge in [-0.3, -0.25) is 19.8 Å². The second-order valence-electron chi connectivity index (χ2n) is 7.26. The second-order valence-corrected chi connectivity index (χ2v) is 7.26. The van der Waals surface area contributed by atoms with Gasteiger partial charge in [0.1, 0.15) is 5.76 Å². The summed E-state index contributed by atoms with van der Waals surface area (Å²) < 4.78 is 7.14. The lowest BCUT2D eigenvalue weighted by Crippen LogP contribution is -2.40. The molecule has 1 aromatic carbocycles. The number of carbonyl (C=O) groups excluding carboxylic acids is 1. The van der Waals surface area contributed by atoms with Gasteiger partial charge >= 0.3 is 0 Å². The Morgan fingerprint density at radius 2 is 1.93 bits per heavy atom. The summed E-state index contributed by atoms with van der Waals surface area (Å²) in [5, 5.41) is 18.1. The fourth-order valence-corrected chi connectivity index (χ4v) is 3.72. The molecule has 30 heavy (non-hydrogen) atoms. The van der Waals surface area contributed by atoms with E-state index in [9.17, 15) is 14.9 Å². The van der Waals surface area contributed by atoms with Crippen molar-refractivity contribution in [3.05, 3.63) is 76.5 Å². The molecule has 4 rings (SSSR count). The Labute approximate surface area is 173 Å². The van der Waals surface area contributed by atoms with E-state index in [1.165, 1.54) is 23.2 Å². The number of aromatic nitrogens is 2. The monoisotopic (exact) mass is 409 g/mol. The Balaban J connectivity index is 1.42. The topological polar surface area (TPSA) is 106 Å². The highest BCUT2D eigenvalue weighted by Crippen LogP contribution is 2.24. The van der Waals surface area contributed by atoms with Gasteiger partial charge in [-0.2, -0.15) is 5.10 Å². The van der Waals surface area contributed by atoms with Crippen LogP contribution in [0.15, 0.2) is 59.3 Å². The number of nitrogens with zero attached hydrogens (tertiary/aromatic N) is 4. The third kappa shape index (κ3) is 4.41. The van der Waals surface area contributed by atoms with Crippen LogP contribution in [-0.4, -0.2) is 45.1 Å². The first kappa shape index (κ1) is 19.8. The van der Waals surface area contributed by atoms with E-state index in [0.717, 1.165) is 31.7 Å². The predicted octanol–water partition coefficient (Wildman–Crippen LogP) is 3.33. The number of non-ortho nitro benzene ring substituents is 1. The lowest BCUT2D eigenvalue weighted by Gasteiger charge is -2.33. The van der Waals surface area contributed by atoms with Crippen LogP contribution in [-0.2, 0) is 0 Å². The maximum absolute atomic E-state index is 12.7. The molecule has 0 spiro atoms. The van der Waals surface area contributed by atoms with Gasteiger partial charge in [0, 0.05) is 24.9 Å². The third-order valence-corrected chi connectivity index (χ3v) is 5.31. The quantitative estimate of drug-likeness (QED) is 0.474. The molecule has 3 aromatic rings. The number of amides is 1. The second kappa shape index (κ2) is 8.91. The van der Waals surface area contributed by atoms with Crippen LogP contribution in [0.2, 0.25) is 0 Å². The maximum Gasteiger partial charge on any atom is 0.271 e. The van der Waals surface area contributed by atoms with E-state index < -0.39 is 4.92 Å². The minimum Gasteiger partial charge on any atom is -0.468 e. The normalized spacial score (nSPS) is 15.6. The van der Waals surface area contributed by atoms with Gasteiger partial charge in [0.2, 0.25) is 0 Å². The molecule has 1 N–H and O–H groups in total. The van der Waals surface area contributed by atoms with E-state index in [4.69, 9.17) is 4.42 Å². The Morgan fingerprint density at radius 3 is 2.60 bits per heavy atom. The molecule has 0 saturated carbocycles. The molecule has 1 fully saturated rings. The molecule has 1 amide bonds. The van der Waals surface area contributed by atoms with Crippen molar-refractivity contribution in [3.63, 3.8) is 0 Å². The van der Waals surface area contributed by atoms with Crippen molar-refractivity contribution in [2.75, 3.05) is 19.6 Å². The van der Waals surface area contributed by atoms with Gasteiger partial charge in [-0.05, 0) is 56.3 Å². The van der Waals surface area contributed by atoms with E-state index in [1.54, 1.807) is 30.7 Å². The molecule has 9 nitrogen and oxygen atoms in total. The number of likely N-dealkylation sites (tertiary alicyclic amines) is 1. The number of benzene rings is 1. The van der Waals surface area contributed by atoms with E-state index >= 15 is 0 Å². The summed E-state index contributed by atoms with van der Waals surface area (Å²) in [7, 11) is 0. The van der Waals surface area contributed by atoms with Crippen molar-refractivity contribution < 1.29 is 14.1 Å². The summed E-state index contributed by atoms with van der Waals surface area (Å²) in [4.78, 5) is 25.3. The molecule has 9 heteroatoms. The summed E-state index contributed by atoms with van der Waals surface area (Å²) >= 11 is 0. The zero-order chi connectivity index (χ0) is 20.9. The highest BCUT2D eigenvalue weighted by molar-refractivity contribution is 5.92. The minimum atomic E-state index is -0.455. The summed E-state index contributed by atoms with van der Waals surface area (Å²) in [5.41, 5.74) is 0.928. The van der Waals surface area contributed by atoms with Gasteiger partial charge in [-0.1, -0.05) is 6.42 Å². The van der Waals surface area contributed by atoms with Crippen molar-refractivity contribution in [2.45, 2.75) is 25.3 Å². The van der Waals surface area contributed by atoms with Gasteiger partial charge < -0.3 is 9.73 Å². The molecule has 0 aliphatic carbocycles. The van der Waals surface area contributed by atoms with Crippen molar-refractivity contribution >= 4 is 11.6 Å². The molecule has 3 heterocycles. The van der Waals surface area contributed by atoms with Crippen LogP contribution in [0.1, 0.15) is 41.6 Å². The van der Waals surface area contributed by atoms with Crippen molar-refractivity contribution in [1.82, 2.24) is 20.0 Å². The number of nitro benzene ring substituents is 1. The summed E-state index contributed by atoms with van der Waals surface area (Å²) in [6.45, 7) is 2.39. The lowest BCUT2D eigenvalue weighted by molar-refractivity contribution is -0.384. The number of nitrogens with one attached hydrogen (secondary N) is 1. The third-order valence-electron chi connectivity index (χ3n) is 5.31. The molecule has 1 aliphatic heterocycles. The first-order valence-electron chi connectivity index (χ1n) is 9.98. The standard InChI is InChI=1S/C21H23N5O4/c27-21(18-10-13-25(23-18)16-6-8-17(9-7-16)26(28)29)22-15-19(20-5-4-14-30-20)24-11-2-1-3-12-24/h4-10,13-14,19H,1-3,11-12,15H2,(H,22,27). The molecule has 1 saturated heterocycles. The van der Waals surface area contributed by atoms with Crippen LogP contribution in [0.25, 0.3) is 5.69 Å². The molecular weight excluding hydrogens is 386 g/mol. The number of rotatable bonds is 7. The van der Waals surface area contributed by atoms with Crippen LogP contribution < -0.4 is 5.32 Å². The molecule has 0 bridgehead atoms. The van der Waals surface area contributed by atoms with Gasteiger partial charge in [0.05, 0.1) is 22.9 Å². The van der Waals surface area contributed by atoms with Gasteiger partial charge in [-0.15, -0.1) is 0 Å². The smallest absolute Gasteiger partial charge is 0.271 e. The number of hydrogen-bond acceptors (Lipinski definition) is 6. The maximum atomic E-state index is 12.7. The Kier molecular flexibility index (Phi) is 5.89. The predicted molar refractivity (Wildman–Crippen MR) is 109 cm³/mol. The van der Waals surface area contributed by atoms with Gasteiger partial charge in [-0.25, -0.2) is 4.68 Å². The zero-order valence-corrected chi connectivity index (χ0v) is 16.4. The van der Waals surface area contributed by atoms with E-state index in [1.807, 2.05) is 12.1 Å². The van der Waals surface area contributed by atoms with E-state index in [2.05, 4.69) is 15.3 Å². The molecule has 1 atom stereocenters. The number of nitro groups is 1. The highest BCUT2D eigenvalue weighted by Gasteiger charge is 2.25. The van der Waals surface area contributed by atoms with Crippen LogP contribution in [0.4, 0.5) is 5.69 Å². The van der Waals surface area contributed by atoms with Gasteiger partial charge in [0.15, 0.2) is 5.69 Å². The molecule has 2 aromatic heterocycles. The van der Waals surface area contributed by atoms with Crippen molar-refractivity contribution in [1.29, 1.82) is 0 Å². The summed E-state index contributed by atoms with van der Waals surface area (Å²) in [5.74, 6) is 0.567.